The van der Waals surface area contributed by atoms with Crippen LogP contribution in [0.5, 0.6) is 0 Å². The van der Waals surface area contributed by atoms with Gasteiger partial charge in [-0.1, -0.05) is 24.8 Å². The molecule has 0 atom stereocenters. The summed E-state index contributed by atoms with van der Waals surface area (Å²) in [6.07, 6.45) is 0. The van der Waals surface area contributed by atoms with Crippen LogP contribution >= 0.6 is 0 Å². The highest BCUT2D eigenvalue weighted by molar-refractivity contribution is 7.92. The average molecular weight is 318 g/mol. The van der Waals surface area contributed by atoms with Gasteiger partial charge in [0.2, 0.25) is 0 Å². The van der Waals surface area contributed by atoms with E-state index in [9.17, 15) is 18.5 Å². The molecule has 0 bridgehead atoms. The van der Waals surface area contributed by atoms with Gasteiger partial charge in [0.25, 0.3) is 15.7 Å². The molecule has 0 heterocycles. The van der Waals surface area contributed by atoms with Gasteiger partial charge in [-0.05, 0) is 30.7 Å². The van der Waals surface area contributed by atoms with Crippen molar-refractivity contribution in [2.45, 2.75) is 11.8 Å². The lowest BCUT2D eigenvalue weighted by atomic mass is 10.1. The van der Waals surface area contributed by atoms with Crippen molar-refractivity contribution < 1.29 is 13.3 Å². The number of nitrogens with one attached hydrogen (secondary N) is 1. The molecular weight excluding hydrogens is 304 g/mol. The number of sulfonamides is 1. The zero-order chi connectivity index (χ0) is 16.3. The predicted octanol–water partition coefficient (Wildman–Crippen LogP) is 3.43. The number of hydrogen-bond donors (Lipinski definition) is 1. The molecule has 7 heteroatoms. The lowest BCUT2D eigenvalue weighted by molar-refractivity contribution is -0.384. The van der Waals surface area contributed by atoms with E-state index in [2.05, 4.69) is 11.3 Å². The van der Waals surface area contributed by atoms with E-state index in [-0.39, 0.29) is 10.6 Å². The Labute approximate surface area is 128 Å². The summed E-state index contributed by atoms with van der Waals surface area (Å²) < 4.78 is 27.2. The quantitative estimate of drug-likeness (QED) is 0.675. The molecule has 2 aromatic carbocycles. The predicted molar refractivity (Wildman–Crippen MR) is 85.1 cm³/mol. The fourth-order valence-corrected chi connectivity index (χ4v) is 2.97. The molecule has 0 aliphatic heterocycles. The van der Waals surface area contributed by atoms with Gasteiger partial charge in [0, 0.05) is 17.7 Å². The molecule has 0 fully saturated rings. The summed E-state index contributed by atoms with van der Waals surface area (Å²) in [7, 11) is -3.83. The van der Waals surface area contributed by atoms with Crippen molar-refractivity contribution in [3.8, 4) is 0 Å². The SMILES string of the molecule is C=C(C)c1ccccc1NS(=O)(=O)c1ccc([N+](=O)[O-])cc1. The van der Waals surface area contributed by atoms with Gasteiger partial charge in [-0.2, -0.15) is 0 Å². The minimum Gasteiger partial charge on any atom is -0.279 e. The molecule has 0 spiro atoms. The first-order valence-electron chi connectivity index (χ1n) is 6.33. The smallest absolute Gasteiger partial charge is 0.269 e. The summed E-state index contributed by atoms with van der Waals surface area (Å²) in [4.78, 5) is 9.97. The van der Waals surface area contributed by atoms with E-state index < -0.39 is 14.9 Å². The molecule has 0 amide bonds. The van der Waals surface area contributed by atoms with Crippen LogP contribution in [-0.4, -0.2) is 13.3 Å². The molecule has 0 saturated heterocycles. The summed E-state index contributed by atoms with van der Waals surface area (Å²) in [5.74, 6) is 0. The number of hydrogen-bond acceptors (Lipinski definition) is 4. The number of nitro groups is 1. The van der Waals surface area contributed by atoms with Crippen LogP contribution in [0.25, 0.3) is 5.57 Å². The van der Waals surface area contributed by atoms with Crippen LogP contribution in [0.4, 0.5) is 11.4 Å². The number of non-ortho nitro benzene ring substituents is 1. The first-order valence-corrected chi connectivity index (χ1v) is 7.82. The lowest BCUT2D eigenvalue weighted by Crippen LogP contribution is -2.14. The van der Waals surface area contributed by atoms with Gasteiger partial charge in [-0.25, -0.2) is 8.42 Å². The number of para-hydroxylation sites is 1. The average Bonchev–Trinajstić information content (AvgIpc) is 2.47. The van der Waals surface area contributed by atoms with E-state index in [0.29, 0.717) is 11.3 Å². The highest BCUT2D eigenvalue weighted by Gasteiger charge is 2.17. The number of nitro benzene ring substituents is 1. The van der Waals surface area contributed by atoms with Gasteiger partial charge < -0.3 is 0 Å². The molecule has 1 N–H and O–H groups in total. The number of anilines is 1. The maximum Gasteiger partial charge on any atom is 0.269 e. The largest absolute Gasteiger partial charge is 0.279 e. The Morgan fingerprint density at radius 1 is 1.14 bits per heavy atom. The van der Waals surface area contributed by atoms with E-state index in [1.54, 1.807) is 31.2 Å². The standard InChI is InChI=1S/C15H14N2O4S/c1-11(2)14-5-3-4-6-15(14)16-22(20,21)13-9-7-12(8-10-13)17(18)19/h3-10,16H,1H2,2H3. The third-order valence-electron chi connectivity index (χ3n) is 2.99. The third kappa shape index (κ3) is 3.32. The Kier molecular flexibility index (Phi) is 4.27. The molecule has 0 unspecified atom stereocenters. The molecule has 114 valence electrons. The monoisotopic (exact) mass is 318 g/mol. The summed E-state index contributed by atoms with van der Waals surface area (Å²) in [6.45, 7) is 5.59. The summed E-state index contributed by atoms with van der Waals surface area (Å²) in [5, 5.41) is 10.6. The zero-order valence-electron chi connectivity index (χ0n) is 11.8. The van der Waals surface area contributed by atoms with Crippen LogP contribution in [0.1, 0.15) is 12.5 Å². The highest BCUT2D eigenvalue weighted by Crippen LogP contribution is 2.25. The van der Waals surface area contributed by atoms with Gasteiger partial charge >= 0.3 is 0 Å². The van der Waals surface area contributed by atoms with Crippen molar-refractivity contribution >= 4 is 27.0 Å². The molecule has 0 radical (unpaired) electrons. The van der Waals surface area contributed by atoms with Crippen molar-refractivity contribution in [3.05, 3.63) is 70.8 Å². The molecule has 0 aromatic heterocycles. The molecule has 2 rings (SSSR count). The second-order valence-corrected chi connectivity index (χ2v) is 6.36. The fourth-order valence-electron chi connectivity index (χ4n) is 1.89. The summed E-state index contributed by atoms with van der Waals surface area (Å²) in [6, 6.07) is 11.6. The molecule has 0 aliphatic rings. The van der Waals surface area contributed by atoms with E-state index in [1.807, 2.05) is 0 Å². The van der Waals surface area contributed by atoms with E-state index in [4.69, 9.17) is 0 Å². The minimum atomic E-state index is -3.83. The van der Waals surface area contributed by atoms with Crippen molar-refractivity contribution in [1.82, 2.24) is 0 Å². The van der Waals surface area contributed by atoms with Crippen LogP contribution in [0, 0.1) is 10.1 Å². The second kappa shape index (κ2) is 5.98. The van der Waals surface area contributed by atoms with Crippen LogP contribution < -0.4 is 4.72 Å². The number of allylic oxidation sites excluding steroid dienone is 1. The maximum absolute atomic E-state index is 12.3. The topological polar surface area (TPSA) is 89.3 Å². The Morgan fingerprint density at radius 2 is 1.73 bits per heavy atom. The van der Waals surface area contributed by atoms with E-state index in [1.165, 1.54) is 12.1 Å². The molecule has 0 saturated carbocycles. The minimum absolute atomic E-state index is 0.0466. The molecule has 6 nitrogen and oxygen atoms in total. The number of rotatable bonds is 5. The van der Waals surface area contributed by atoms with Crippen molar-refractivity contribution in [2.24, 2.45) is 0 Å². The third-order valence-corrected chi connectivity index (χ3v) is 4.37. The van der Waals surface area contributed by atoms with Crippen molar-refractivity contribution in [2.75, 3.05) is 4.72 Å². The van der Waals surface area contributed by atoms with Gasteiger partial charge in [-0.15, -0.1) is 0 Å². The van der Waals surface area contributed by atoms with Gasteiger partial charge in [0.15, 0.2) is 0 Å². The first-order chi connectivity index (χ1) is 10.3. The van der Waals surface area contributed by atoms with Crippen molar-refractivity contribution in [1.29, 1.82) is 0 Å². The molecule has 0 aliphatic carbocycles. The van der Waals surface area contributed by atoms with Crippen LogP contribution in [0.15, 0.2) is 60.0 Å². The van der Waals surface area contributed by atoms with Gasteiger partial charge in [-0.3, -0.25) is 14.8 Å². The highest BCUT2D eigenvalue weighted by atomic mass is 32.2. The normalized spacial score (nSPS) is 11.0. The molecular formula is C15H14N2O4S. The zero-order valence-corrected chi connectivity index (χ0v) is 12.6. The fraction of sp³-hybridized carbons (Fsp3) is 0.0667. The Hall–Kier alpha value is -2.67. The summed E-state index contributed by atoms with van der Waals surface area (Å²) in [5.41, 5.74) is 1.66. The molecule has 22 heavy (non-hydrogen) atoms. The van der Waals surface area contributed by atoms with E-state index >= 15 is 0 Å². The van der Waals surface area contributed by atoms with Crippen LogP contribution in [0.2, 0.25) is 0 Å². The van der Waals surface area contributed by atoms with Gasteiger partial charge in [0.05, 0.1) is 15.5 Å². The van der Waals surface area contributed by atoms with Crippen LogP contribution in [0.3, 0.4) is 0 Å². The summed E-state index contributed by atoms with van der Waals surface area (Å²) >= 11 is 0. The number of benzene rings is 2. The van der Waals surface area contributed by atoms with Crippen molar-refractivity contribution in [3.63, 3.8) is 0 Å². The number of nitrogens with zero attached hydrogens (tertiary/aromatic N) is 1. The maximum atomic E-state index is 12.3. The Morgan fingerprint density at radius 3 is 2.27 bits per heavy atom. The Balaban J connectivity index is 2.36. The van der Waals surface area contributed by atoms with Crippen LogP contribution in [-0.2, 0) is 10.0 Å². The molecule has 2 aromatic rings. The van der Waals surface area contributed by atoms with Gasteiger partial charge in [0.1, 0.15) is 0 Å². The second-order valence-electron chi connectivity index (χ2n) is 4.68. The van der Waals surface area contributed by atoms with E-state index in [0.717, 1.165) is 17.7 Å². The first kappa shape index (κ1) is 15.7. The lowest BCUT2D eigenvalue weighted by Gasteiger charge is -2.12. The Bertz CT molecular complexity index is 827.